The van der Waals surface area contributed by atoms with Crippen LogP contribution in [0, 0.1) is 11.8 Å². The Morgan fingerprint density at radius 1 is 1.32 bits per heavy atom. The van der Waals surface area contributed by atoms with Crippen LogP contribution < -0.4 is 15.5 Å². The molecule has 5 heteroatoms. The minimum absolute atomic E-state index is 0.139. The summed E-state index contributed by atoms with van der Waals surface area (Å²) in [5.74, 6) is 1.53. The van der Waals surface area contributed by atoms with Crippen molar-refractivity contribution in [3.05, 3.63) is 24.3 Å². The van der Waals surface area contributed by atoms with Gasteiger partial charge in [0.2, 0.25) is 0 Å². The first-order valence-electron chi connectivity index (χ1n) is 7.84. The summed E-state index contributed by atoms with van der Waals surface area (Å²) in [6.07, 6.45) is 3.55. The third-order valence-electron chi connectivity index (χ3n) is 4.12. The third-order valence-corrected chi connectivity index (χ3v) is 4.12. The van der Waals surface area contributed by atoms with Gasteiger partial charge in [0.15, 0.2) is 0 Å². The lowest BCUT2D eigenvalue weighted by atomic mass is 9.81. The fraction of sp³-hybridized carbons (Fsp3) is 0.529. The standard InChI is InChI=1S/C17H25N3O2/c1-12-6-4-7-13(2)17(12)20-19-16(21)11-18-14-8-5-9-15(10-14)22-3/h5,8-10,12-13,18H,4,6-7,11H2,1-3H3,(H,19,21)/t12-,13-/m0/s1. The van der Waals surface area contributed by atoms with E-state index in [0.717, 1.165) is 30.0 Å². The number of hydrogen-bond acceptors (Lipinski definition) is 4. The van der Waals surface area contributed by atoms with Gasteiger partial charge in [-0.05, 0) is 36.8 Å². The quantitative estimate of drug-likeness (QED) is 0.822. The number of carbonyl (C=O) groups excluding carboxylic acids is 1. The molecule has 1 aromatic carbocycles. The molecule has 22 heavy (non-hydrogen) atoms. The summed E-state index contributed by atoms with van der Waals surface area (Å²) >= 11 is 0. The van der Waals surface area contributed by atoms with Crippen LogP contribution in [0.4, 0.5) is 5.69 Å². The molecule has 0 heterocycles. The second-order valence-corrected chi connectivity index (χ2v) is 5.89. The normalized spacial score (nSPS) is 21.1. The van der Waals surface area contributed by atoms with Crippen LogP contribution in [0.2, 0.25) is 0 Å². The first-order valence-corrected chi connectivity index (χ1v) is 7.84. The Bertz CT molecular complexity index is 530. The van der Waals surface area contributed by atoms with E-state index in [9.17, 15) is 4.79 Å². The maximum absolute atomic E-state index is 11.9. The number of benzene rings is 1. The second-order valence-electron chi connectivity index (χ2n) is 5.89. The van der Waals surface area contributed by atoms with Gasteiger partial charge in [-0.3, -0.25) is 4.79 Å². The Morgan fingerprint density at radius 2 is 2.05 bits per heavy atom. The Hall–Kier alpha value is -2.04. The van der Waals surface area contributed by atoms with Crippen molar-refractivity contribution in [1.82, 2.24) is 5.43 Å². The molecule has 0 saturated heterocycles. The highest BCUT2D eigenvalue weighted by atomic mass is 16.5. The lowest BCUT2D eigenvalue weighted by Crippen LogP contribution is -2.31. The Labute approximate surface area is 132 Å². The number of methoxy groups -OCH3 is 1. The van der Waals surface area contributed by atoms with Crippen LogP contribution in [0.15, 0.2) is 29.4 Å². The molecule has 2 rings (SSSR count). The van der Waals surface area contributed by atoms with Crippen LogP contribution in [-0.2, 0) is 4.79 Å². The van der Waals surface area contributed by atoms with E-state index in [1.165, 1.54) is 6.42 Å². The smallest absolute Gasteiger partial charge is 0.259 e. The number of ether oxygens (including phenoxy) is 1. The van der Waals surface area contributed by atoms with Crippen LogP contribution in [0.1, 0.15) is 33.1 Å². The van der Waals surface area contributed by atoms with E-state index in [0.29, 0.717) is 11.8 Å². The lowest BCUT2D eigenvalue weighted by Gasteiger charge is -2.26. The molecule has 0 bridgehead atoms. The zero-order valence-electron chi connectivity index (χ0n) is 13.6. The number of nitrogens with one attached hydrogen (secondary N) is 2. The maximum atomic E-state index is 11.9. The van der Waals surface area contributed by atoms with Crippen molar-refractivity contribution in [2.75, 3.05) is 19.0 Å². The molecular weight excluding hydrogens is 278 g/mol. The summed E-state index contributed by atoms with van der Waals surface area (Å²) in [7, 11) is 1.62. The molecule has 0 spiro atoms. The highest BCUT2D eigenvalue weighted by Crippen LogP contribution is 2.25. The van der Waals surface area contributed by atoms with Gasteiger partial charge in [-0.25, -0.2) is 5.43 Å². The Kier molecular flexibility index (Phi) is 5.81. The van der Waals surface area contributed by atoms with E-state index in [1.54, 1.807) is 7.11 Å². The molecule has 2 atom stereocenters. The van der Waals surface area contributed by atoms with E-state index >= 15 is 0 Å². The van der Waals surface area contributed by atoms with Crippen molar-refractivity contribution in [3.8, 4) is 5.75 Å². The maximum Gasteiger partial charge on any atom is 0.259 e. The second kappa shape index (κ2) is 7.82. The van der Waals surface area contributed by atoms with Gasteiger partial charge in [0.05, 0.1) is 13.7 Å². The topological polar surface area (TPSA) is 62.7 Å². The number of hydrazone groups is 1. The van der Waals surface area contributed by atoms with Crippen LogP contribution in [0.3, 0.4) is 0 Å². The Balaban J connectivity index is 1.85. The van der Waals surface area contributed by atoms with Gasteiger partial charge in [0, 0.05) is 17.5 Å². The average molecular weight is 303 g/mol. The summed E-state index contributed by atoms with van der Waals surface area (Å²) in [5, 5.41) is 7.41. The first kappa shape index (κ1) is 16.3. The van der Waals surface area contributed by atoms with Gasteiger partial charge in [-0.2, -0.15) is 5.10 Å². The van der Waals surface area contributed by atoms with Crippen LogP contribution in [0.5, 0.6) is 5.75 Å². The molecular formula is C17H25N3O2. The summed E-state index contributed by atoms with van der Waals surface area (Å²) in [6, 6.07) is 7.49. The van der Waals surface area contributed by atoms with E-state index in [-0.39, 0.29) is 12.5 Å². The van der Waals surface area contributed by atoms with Crippen LogP contribution in [0.25, 0.3) is 0 Å². The summed E-state index contributed by atoms with van der Waals surface area (Å²) in [6.45, 7) is 4.54. The van der Waals surface area contributed by atoms with Crippen molar-refractivity contribution in [2.45, 2.75) is 33.1 Å². The number of rotatable bonds is 5. The number of hydrogen-bond donors (Lipinski definition) is 2. The third kappa shape index (κ3) is 4.48. The van der Waals surface area contributed by atoms with Crippen molar-refractivity contribution < 1.29 is 9.53 Å². The predicted molar refractivity (Wildman–Crippen MR) is 89.2 cm³/mol. The molecule has 1 fully saturated rings. The van der Waals surface area contributed by atoms with E-state index in [4.69, 9.17) is 4.74 Å². The zero-order valence-corrected chi connectivity index (χ0v) is 13.6. The first-order chi connectivity index (χ1) is 10.6. The number of nitrogens with zero attached hydrogens (tertiary/aromatic N) is 1. The number of carbonyl (C=O) groups is 1. The highest BCUT2D eigenvalue weighted by Gasteiger charge is 2.23. The monoisotopic (exact) mass is 303 g/mol. The van der Waals surface area contributed by atoms with Gasteiger partial charge in [0.25, 0.3) is 5.91 Å². The minimum Gasteiger partial charge on any atom is -0.497 e. The summed E-state index contributed by atoms with van der Waals surface area (Å²) in [4.78, 5) is 11.9. The largest absolute Gasteiger partial charge is 0.497 e. The van der Waals surface area contributed by atoms with E-state index in [1.807, 2.05) is 24.3 Å². The molecule has 1 aromatic rings. The zero-order chi connectivity index (χ0) is 15.9. The molecule has 0 aromatic heterocycles. The summed E-state index contributed by atoms with van der Waals surface area (Å²) < 4.78 is 5.15. The number of anilines is 1. The predicted octanol–water partition coefficient (Wildman–Crippen LogP) is 3.04. The van der Waals surface area contributed by atoms with Gasteiger partial charge in [0.1, 0.15) is 5.75 Å². The molecule has 1 aliphatic carbocycles. The van der Waals surface area contributed by atoms with Crippen molar-refractivity contribution in [1.29, 1.82) is 0 Å². The highest BCUT2D eigenvalue weighted by molar-refractivity contribution is 5.90. The fourth-order valence-corrected chi connectivity index (χ4v) is 2.81. The van der Waals surface area contributed by atoms with Crippen LogP contribution >= 0.6 is 0 Å². The SMILES string of the molecule is COc1cccc(NCC(=O)NN=C2[C@@H](C)CCC[C@@H]2C)c1. The molecule has 1 amide bonds. The molecule has 2 N–H and O–H groups in total. The molecule has 0 unspecified atom stereocenters. The fourth-order valence-electron chi connectivity index (χ4n) is 2.81. The molecule has 5 nitrogen and oxygen atoms in total. The van der Waals surface area contributed by atoms with E-state index in [2.05, 4.69) is 29.7 Å². The van der Waals surface area contributed by atoms with Gasteiger partial charge >= 0.3 is 0 Å². The minimum atomic E-state index is -0.139. The number of amides is 1. The van der Waals surface area contributed by atoms with Gasteiger partial charge < -0.3 is 10.1 Å². The Morgan fingerprint density at radius 3 is 2.73 bits per heavy atom. The molecule has 1 saturated carbocycles. The molecule has 120 valence electrons. The lowest BCUT2D eigenvalue weighted by molar-refractivity contribution is -0.119. The van der Waals surface area contributed by atoms with Crippen LogP contribution in [-0.4, -0.2) is 25.3 Å². The van der Waals surface area contributed by atoms with Crippen molar-refractivity contribution in [2.24, 2.45) is 16.9 Å². The van der Waals surface area contributed by atoms with E-state index < -0.39 is 0 Å². The summed E-state index contributed by atoms with van der Waals surface area (Å²) in [5.41, 5.74) is 4.63. The van der Waals surface area contributed by atoms with Crippen molar-refractivity contribution in [3.63, 3.8) is 0 Å². The molecule has 0 radical (unpaired) electrons. The van der Waals surface area contributed by atoms with Gasteiger partial charge in [-0.1, -0.05) is 26.3 Å². The molecule has 0 aliphatic heterocycles. The molecule has 1 aliphatic rings. The van der Waals surface area contributed by atoms with Gasteiger partial charge in [-0.15, -0.1) is 0 Å². The van der Waals surface area contributed by atoms with Crippen molar-refractivity contribution >= 4 is 17.3 Å². The average Bonchev–Trinajstić information content (AvgIpc) is 2.52.